The highest BCUT2D eigenvalue weighted by Gasteiger charge is 2.38. The van der Waals surface area contributed by atoms with Crippen LogP contribution < -0.4 is 20.6 Å². The molecule has 0 bridgehead atoms. The number of methoxy groups -OCH3 is 1. The van der Waals surface area contributed by atoms with E-state index in [9.17, 15) is 9.36 Å². The number of nitrogens with two attached hydrogens (primary N) is 1. The predicted molar refractivity (Wildman–Crippen MR) is 146 cm³/mol. The average molecular weight is 548 g/mol. The predicted octanol–water partition coefficient (Wildman–Crippen LogP) is 3.65. The van der Waals surface area contributed by atoms with Crippen LogP contribution in [0, 0.1) is 0 Å². The van der Waals surface area contributed by atoms with Crippen molar-refractivity contribution in [2.45, 2.75) is 65.3 Å². The molecule has 3 aromatic rings. The van der Waals surface area contributed by atoms with Crippen molar-refractivity contribution in [2.24, 2.45) is 0 Å². The van der Waals surface area contributed by atoms with Gasteiger partial charge in [0.2, 0.25) is 7.44 Å². The number of nitrogen functional groups attached to an aromatic ring is 1. The van der Waals surface area contributed by atoms with E-state index in [0.29, 0.717) is 29.9 Å². The zero-order valence-electron chi connectivity index (χ0n) is 22.8. The van der Waals surface area contributed by atoms with E-state index >= 15 is 0 Å². The summed E-state index contributed by atoms with van der Waals surface area (Å²) in [5, 5.41) is 6.20. The molecule has 0 fully saturated rings. The maximum absolute atomic E-state index is 14.2. The quantitative estimate of drug-likeness (QED) is 0.200. The van der Waals surface area contributed by atoms with Gasteiger partial charge in [-0.1, -0.05) is 19.1 Å². The molecule has 4 N–H and O–H groups in total. The highest BCUT2D eigenvalue weighted by atomic mass is 31.2. The molecule has 13 heteroatoms. The molecule has 3 rings (SSSR count). The maximum Gasteiger partial charge on any atom is 0.326 e. The molecular weight excluding hydrogens is 509 g/mol. The number of benzene rings is 1. The number of rotatable bonds is 14. The average Bonchev–Trinajstić information content (AvgIpc) is 3.29. The number of aromatic nitrogens is 4. The Morgan fingerprint density at radius 3 is 2.55 bits per heavy atom. The second-order valence-corrected chi connectivity index (χ2v) is 11.9. The smallest absolute Gasteiger partial charge is 0.326 e. The fourth-order valence-electron chi connectivity index (χ4n) is 3.85. The molecule has 1 unspecified atom stereocenters. The van der Waals surface area contributed by atoms with Crippen molar-refractivity contribution in [1.82, 2.24) is 29.7 Å². The van der Waals surface area contributed by atoms with Crippen LogP contribution in [0.4, 0.5) is 5.82 Å². The zero-order chi connectivity index (χ0) is 27.9. The molecule has 0 amide bonds. The van der Waals surface area contributed by atoms with Crippen LogP contribution in [0.1, 0.15) is 52.6 Å². The van der Waals surface area contributed by atoms with E-state index in [1.165, 1.54) is 6.33 Å². The molecule has 0 aliphatic rings. The Morgan fingerprint density at radius 1 is 1.18 bits per heavy atom. The van der Waals surface area contributed by atoms with Gasteiger partial charge in [0.1, 0.15) is 29.5 Å². The number of esters is 1. The van der Waals surface area contributed by atoms with Crippen LogP contribution in [-0.4, -0.2) is 57.2 Å². The van der Waals surface area contributed by atoms with Crippen LogP contribution >= 0.6 is 7.44 Å². The van der Waals surface area contributed by atoms with Crippen molar-refractivity contribution < 1.29 is 23.6 Å². The van der Waals surface area contributed by atoms with Crippen LogP contribution in [-0.2, 0) is 25.4 Å². The lowest BCUT2D eigenvalue weighted by Crippen LogP contribution is -2.49. The number of fused-ring (bicyclic) bond motifs is 1. The molecule has 2 aromatic heterocycles. The number of carbonyl (C=O) groups excluding carboxylic acids is 1. The standard InChI is InChI=1S/C25H38N7O5P/c1-7-12-36-24(33)25(4,5)31-38(34,30-18(3)19-8-10-20(35-6)11-9-19)16-37-17(2)13-32-15-29-21-22(26)27-14-28-23(21)32/h8-11,14-15,17-18H,7,12-13,16H2,1-6H3,(H2,26,27,28)(H2,30,31,34)/t17-,18+,38?/m0/s1. The molecule has 0 spiro atoms. The largest absolute Gasteiger partial charge is 0.497 e. The first-order valence-electron chi connectivity index (χ1n) is 12.5. The first-order valence-corrected chi connectivity index (χ1v) is 14.4. The van der Waals surface area contributed by atoms with E-state index in [1.54, 1.807) is 31.9 Å². The molecule has 1 aromatic carbocycles. The Morgan fingerprint density at radius 2 is 1.89 bits per heavy atom. The number of hydrogen-bond acceptors (Lipinski definition) is 9. The van der Waals surface area contributed by atoms with E-state index < -0.39 is 19.0 Å². The van der Waals surface area contributed by atoms with Crippen LogP contribution in [0.3, 0.4) is 0 Å². The third-order valence-corrected chi connectivity index (χ3v) is 8.09. The minimum absolute atomic E-state index is 0.178. The monoisotopic (exact) mass is 547 g/mol. The molecule has 0 aliphatic carbocycles. The summed E-state index contributed by atoms with van der Waals surface area (Å²) in [4.78, 5) is 25.2. The molecule has 0 saturated carbocycles. The molecule has 208 valence electrons. The van der Waals surface area contributed by atoms with E-state index in [0.717, 1.165) is 11.3 Å². The molecule has 12 nitrogen and oxygen atoms in total. The van der Waals surface area contributed by atoms with E-state index in [2.05, 4.69) is 25.1 Å². The van der Waals surface area contributed by atoms with Gasteiger partial charge in [-0.15, -0.1) is 0 Å². The van der Waals surface area contributed by atoms with Crippen LogP contribution in [0.15, 0.2) is 36.9 Å². The van der Waals surface area contributed by atoms with Gasteiger partial charge in [-0.3, -0.25) is 9.36 Å². The number of nitrogens with one attached hydrogen (secondary N) is 2. The minimum Gasteiger partial charge on any atom is -0.497 e. The Balaban J connectivity index is 1.76. The van der Waals surface area contributed by atoms with Gasteiger partial charge < -0.3 is 24.5 Å². The normalized spacial score (nSPS) is 15.1. The molecule has 38 heavy (non-hydrogen) atoms. The van der Waals surface area contributed by atoms with Gasteiger partial charge in [0.25, 0.3) is 0 Å². The summed E-state index contributed by atoms with van der Waals surface area (Å²) >= 11 is 0. The van der Waals surface area contributed by atoms with Gasteiger partial charge in [0, 0.05) is 6.04 Å². The number of carbonyl (C=O) groups is 1. The molecule has 0 aliphatic heterocycles. The fraction of sp³-hybridized carbons (Fsp3) is 0.520. The van der Waals surface area contributed by atoms with Crippen LogP contribution in [0.2, 0.25) is 0 Å². The van der Waals surface area contributed by atoms with Crippen molar-refractivity contribution in [2.75, 3.05) is 25.8 Å². The highest BCUT2D eigenvalue weighted by Crippen LogP contribution is 2.42. The summed E-state index contributed by atoms with van der Waals surface area (Å²) in [7, 11) is -1.89. The second-order valence-electron chi connectivity index (χ2n) is 9.67. The van der Waals surface area contributed by atoms with Gasteiger partial charge in [-0.05, 0) is 51.8 Å². The maximum atomic E-state index is 14.2. The molecule has 3 atom stereocenters. The number of anilines is 1. The van der Waals surface area contributed by atoms with Crippen molar-refractivity contribution in [3.8, 4) is 5.75 Å². The summed E-state index contributed by atoms with van der Waals surface area (Å²) in [6.07, 6.45) is 3.13. The number of ether oxygens (including phenoxy) is 3. The van der Waals surface area contributed by atoms with Crippen molar-refractivity contribution in [1.29, 1.82) is 0 Å². The summed E-state index contributed by atoms with van der Waals surface area (Å²) in [6.45, 7) is 9.62. The fourth-order valence-corrected chi connectivity index (χ4v) is 6.29. The van der Waals surface area contributed by atoms with Crippen molar-refractivity contribution in [3.05, 3.63) is 42.5 Å². The SMILES string of the molecule is CCCOC(=O)C(C)(C)NP(=O)(CO[C@@H](C)Cn1cnc2c(N)ncnc21)N[C@H](C)c1ccc(OC)cc1. The van der Waals surface area contributed by atoms with Crippen molar-refractivity contribution in [3.63, 3.8) is 0 Å². The van der Waals surface area contributed by atoms with E-state index in [-0.39, 0.29) is 25.1 Å². The summed E-state index contributed by atoms with van der Waals surface area (Å²) in [6, 6.07) is 7.13. The van der Waals surface area contributed by atoms with E-state index in [1.807, 2.05) is 45.0 Å². The first-order chi connectivity index (χ1) is 18.0. The molecule has 0 saturated heterocycles. The number of nitrogens with zero attached hydrogens (tertiary/aromatic N) is 4. The van der Waals surface area contributed by atoms with E-state index in [4.69, 9.17) is 19.9 Å². The van der Waals surface area contributed by atoms with Gasteiger partial charge in [-0.25, -0.2) is 25.1 Å². The third kappa shape index (κ3) is 7.50. The van der Waals surface area contributed by atoms with Crippen LogP contribution in [0.25, 0.3) is 11.2 Å². The summed E-state index contributed by atoms with van der Waals surface area (Å²) in [5.41, 5.74) is 6.65. The van der Waals surface area contributed by atoms with Gasteiger partial charge in [0.05, 0.1) is 32.7 Å². The lowest BCUT2D eigenvalue weighted by atomic mass is 10.1. The van der Waals surface area contributed by atoms with Gasteiger partial charge in [-0.2, -0.15) is 0 Å². The Kier molecular flexibility index (Phi) is 9.83. The number of imidazole rings is 1. The topological polar surface area (TPSA) is 156 Å². The van der Waals surface area contributed by atoms with Crippen molar-refractivity contribution >= 4 is 30.4 Å². The first kappa shape index (κ1) is 29.5. The minimum atomic E-state index is -3.49. The van der Waals surface area contributed by atoms with Crippen LogP contribution in [0.5, 0.6) is 5.75 Å². The molecule has 2 heterocycles. The molecular formula is C25H38N7O5P. The second kappa shape index (κ2) is 12.7. The lowest BCUT2D eigenvalue weighted by molar-refractivity contribution is -0.149. The third-order valence-electron chi connectivity index (χ3n) is 5.85. The van der Waals surface area contributed by atoms with Gasteiger partial charge in [0.15, 0.2) is 11.5 Å². The Bertz CT molecular complexity index is 1260. The number of hydrogen-bond donors (Lipinski definition) is 3. The van der Waals surface area contributed by atoms with Gasteiger partial charge >= 0.3 is 5.97 Å². The Hall–Kier alpha value is -3.05. The Labute approximate surface area is 223 Å². The summed E-state index contributed by atoms with van der Waals surface area (Å²) in [5.74, 6) is 0.525. The highest BCUT2D eigenvalue weighted by molar-refractivity contribution is 7.59. The lowest BCUT2D eigenvalue weighted by Gasteiger charge is -2.33. The zero-order valence-corrected chi connectivity index (χ0v) is 23.7. The summed E-state index contributed by atoms with van der Waals surface area (Å²) < 4.78 is 32.7. The molecule has 0 radical (unpaired) electrons.